The van der Waals surface area contributed by atoms with Gasteiger partial charge in [-0.1, -0.05) is 47.0 Å². The Labute approximate surface area is 169 Å². The lowest BCUT2D eigenvalue weighted by molar-refractivity contribution is -0.127. The van der Waals surface area contributed by atoms with Crippen LogP contribution in [0.1, 0.15) is 111 Å². The second-order valence-electron chi connectivity index (χ2n) is 12.1. The van der Waals surface area contributed by atoms with Crippen molar-refractivity contribution in [2.75, 3.05) is 0 Å². The molecule has 0 bridgehead atoms. The number of aliphatic hydroxyl groups excluding tert-OH is 1. The van der Waals surface area contributed by atoms with Crippen LogP contribution in [0.3, 0.4) is 0 Å². The van der Waals surface area contributed by atoms with Gasteiger partial charge in [0.05, 0.1) is 6.10 Å². The van der Waals surface area contributed by atoms with E-state index in [0.29, 0.717) is 10.8 Å². The SMILES string of the molecule is CC(C)CCCC[C@H]1CCC2C3CCC4C[C@@H](O)CCC4(C)C3CC[C@@]21C. The van der Waals surface area contributed by atoms with Crippen LogP contribution in [0.5, 0.6) is 0 Å². The highest BCUT2D eigenvalue weighted by molar-refractivity contribution is 5.09. The molecule has 0 saturated heterocycles. The first-order chi connectivity index (χ1) is 12.8. The molecule has 0 spiro atoms. The number of unbranched alkanes of at least 4 members (excludes halogenated alkanes) is 1. The minimum absolute atomic E-state index is 0.00446. The largest absolute Gasteiger partial charge is 0.393 e. The van der Waals surface area contributed by atoms with E-state index in [0.717, 1.165) is 48.3 Å². The topological polar surface area (TPSA) is 20.2 Å². The minimum atomic E-state index is -0.00446. The fraction of sp³-hybridized carbons (Fsp3) is 1.00. The normalized spacial score (nSPS) is 49.6. The maximum absolute atomic E-state index is 10.2. The summed E-state index contributed by atoms with van der Waals surface area (Å²) < 4.78 is 0. The molecule has 0 aliphatic heterocycles. The van der Waals surface area contributed by atoms with Crippen LogP contribution in [0.4, 0.5) is 0 Å². The predicted molar refractivity (Wildman–Crippen MR) is 115 cm³/mol. The molecule has 0 amide bonds. The van der Waals surface area contributed by atoms with Crippen LogP contribution in [0.25, 0.3) is 0 Å². The van der Waals surface area contributed by atoms with Crippen LogP contribution in [-0.2, 0) is 0 Å². The van der Waals surface area contributed by atoms with Crippen LogP contribution >= 0.6 is 0 Å². The Balaban J connectivity index is 1.43. The highest BCUT2D eigenvalue weighted by atomic mass is 16.3. The zero-order chi connectivity index (χ0) is 19.2. The van der Waals surface area contributed by atoms with E-state index in [4.69, 9.17) is 0 Å². The molecule has 0 aromatic rings. The van der Waals surface area contributed by atoms with Crippen molar-refractivity contribution in [1.29, 1.82) is 0 Å². The van der Waals surface area contributed by atoms with E-state index in [1.807, 2.05) is 0 Å². The van der Waals surface area contributed by atoms with Gasteiger partial charge in [-0.15, -0.1) is 0 Å². The maximum Gasteiger partial charge on any atom is 0.0543 e. The van der Waals surface area contributed by atoms with Gasteiger partial charge in [-0.05, 0) is 111 Å². The molecular weight excluding hydrogens is 328 g/mol. The van der Waals surface area contributed by atoms with Crippen molar-refractivity contribution in [3.05, 3.63) is 0 Å². The van der Waals surface area contributed by atoms with Crippen molar-refractivity contribution in [2.45, 2.75) is 117 Å². The first-order valence-electron chi connectivity index (χ1n) is 12.5. The summed E-state index contributed by atoms with van der Waals surface area (Å²) in [6.45, 7) is 10.1. The Hall–Kier alpha value is -0.0400. The number of fused-ring (bicyclic) bond motifs is 5. The first kappa shape index (κ1) is 20.2. The molecule has 0 radical (unpaired) electrons. The van der Waals surface area contributed by atoms with Gasteiger partial charge >= 0.3 is 0 Å². The van der Waals surface area contributed by atoms with Crippen LogP contribution in [0.15, 0.2) is 0 Å². The van der Waals surface area contributed by atoms with E-state index < -0.39 is 0 Å². The highest BCUT2D eigenvalue weighted by Crippen LogP contribution is 2.67. The number of hydrogen-bond acceptors (Lipinski definition) is 1. The Morgan fingerprint density at radius 2 is 1.59 bits per heavy atom. The maximum atomic E-state index is 10.2. The van der Waals surface area contributed by atoms with Crippen LogP contribution in [-0.4, -0.2) is 11.2 Å². The molecule has 0 heterocycles. The van der Waals surface area contributed by atoms with Gasteiger partial charge in [0.2, 0.25) is 0 Å². The summed E-state index contributed by atoms with van der Waals surface area (Å²) in [4.78, 5) is 0. The highest BCUT2D eigenvalue weighted by Gasteiger charge is 2.59. The molecule has 8 atom stereocenters. The summed E-state index contributed by atoms with van der Waals surface area (Å²) in [6, 6.07) is 0. The van der Waals surface area contributed by atoms with Crippen molar-refractivity contribution >= 4 is 0 Å². The van der Waals surface area contributed by atoms with Crippen molar-refractivity contribution in [2.24, 2.45) is 46.3 Å². The molecule has 4 fully saturated rings. The molecule has 0 aromatic carbocycles. The number of hydrogen-bond donors (Lipinski definition) is 1. The molecule has 1 N–H and O–H groups in total. The third kappa shape index (κ3) is 3.53. The molecule has 4 rings (SSSR count). The Bertz CT molecular complexity index is 512. The zero-order valence-corrected chi connectivity index (χ0v) is 18.7. The fourth-order valence-electron chi connectivity index (χ4n) is 8.76. The van der Waals surface area contributed by atoms with Gasteiger partial charge in [-0.25, -0.2) is 0 Å². The van der Waals surface area contributed by atoms with Gasteiger partial charge in [-0.3, -0.25) is 0 Å². The average molecular weight is 375 g/mol. The van der Waals surface area contributed by atoms with E-state index >= 15 is 0 Å². The van der Waals surface area contributed by atoms with Crippen molar-refractivity contribution in [3.63, 3.8) is 0 Å². The Morgan fingerprint density at radius 1 is 0.852 bits per heavy atom. The monoisotopic (exact) mass is 374 g/mol. The molecule has 0 aromatic heterocycles. The lowest BCUT2D eigenvalue weighted by atomic mass is 9.44. The standard InChI is InChI=1S/C26H46O/c1-18(2)7-5-6-8-19-10-12-23-22-11-9-20-17-21(27)13-15-26(20,4)24(22)14-16-25(19,23)3/h18-24,27H,5-17H2,1-4H3/t19-,20?,21-,22?,23?,24?,25+,26?/m0/s1. The second-order valence-corrected chi connectivity index (χ2v) is 12.1. The predicted octanol–water partition coefficient (Wildman–Crippen LogP) is 7.22. The summed E-state index contributed by atoms with van der Waals surface area (Å²) >= 11 is 0. The van der Waals surface area contributed by atoms with E-state index in [1.54, 1.807) is 0 Å². The van der Waals surface area contributed by atoms with Crippen molar-refractivity contribution < 1.29 is 5.11 Å². The third-order valence-electron chi connectivity index (χ3n) is 10.4. The lowest BCUT2D eigenvalue weighted by Crippen LogP contribution is -2.53. The smallest absolute Gasteiger partial charge is 0.0543 e. The Kier molecular flexibility index (Phi) is 5.74. The van der Waals surface area contributed by atoms with Gasteiger partial charge in [0.25, 0.3) is 0 Å². The van der Waals surface area contributed by atoms with E-state index in [2.05, 4.69) is 27.7 Å². The molecule has 4 aliphatic rings. The van der Waals surface area contributed by atoms with Gasteiger partial charge in [0, 0.05) is 0 Å². The van der Waals surface area contributed by atoms with Crippen LogP contribution in [0.2, 0.25) is 0 Å². The van der Waals surface area contributed by atoms with Crippen LogP contribution < -0.4 is 0 Å². The average Bonchev–Trinajstić information content (AvgIpc) is 2.96. The summed E-state index contributed by atoms with van der Waals surface area (Å²) in [7, 11) is 0. The minimum Gasteiger partial charge on any atom is -0.393 e. The van der Waals surface area contributed by atoms with Gasteiger partial charge in [-0.2, -0.15) is 0 Å². The molecule has 4 aliphatic carbocycles. The summed E-state index contributed by atoms with van der Waals surface area (Å²) in [5.41, 5.74) is 1.19. The van der Waals surface area contributed by atoms with Gasteiger partial charge < -0.3 is 5.11 Å². The fourth-order valence-corrected chi connectivity index (χ4v) is 8.76. The quantitative estimate of drug-likeness (QED) is 0.503. The van der Waals surface area contributed by atoms with Crippen molar-refractivity contribution in [1.82, 2.24) is 0 Å². The third-order valence-corrected chi connectivity index (χ3v) is 10.4. The van der Waals surface area contributed by atoms with E-state index in [9.17, 15) is 5.11 Å². The molecule has 1 nitrogen and oxygen atoms in total. The van der Waals surface area contributed by atoms with E-state index in [-0.39, 0.29) is 6.10 Å². The number of aliphatic hydroxyl groups is 1. The molecular formula is C26H46O. The molecule has 1 heteroatoms. The summed E-state index contributed by atoms with van der Waals surface area (Å²) in [5, 5.41) is 10.2. The van der Waals surface area contributed by atoms with Gasteiger partial charge in [0.1, 0.15) is 0 Å². The van der Waals surface area contributed by atoms with Crippen molar-refractivity contribution in [3.8, 4) is 0 Å². The Morgan fingerprint density at radius 3 is 2.37 bits per heavy atom. The summed E-state index contributed by atoms with van der Waals surface area (Å²) in [6.07, 6.45) is 18.2. The molecule has 5 unspecified atom stereocenters. The summed E-state index contributed by atoms with van der Waals surface area (Å²) in [5.74, 6) is 5.66. The number of rotatable bonds is 5. The first-order valence-corrected chi connectivity index (χ1v) is 12.5. The molecule has 27 heavy (non-hydrogen) atoms. The molecule has 156 valence electrons. The van der Waals surface area contributed by atoms with Crippen LogP contribution in [0, 0.1) is 46.3 Å². The zero-order valence-electron chi connectivity index (χ0n) is 18.7. The van der Waals surface area contributed by atoms with Gasteiger partial charge in [0.15, 0.2) is 0 Å². The molecule has 4 saturated carbocycles. The van der Waals surface area contributed by atoms with E-state index in [1.165, 1.54) is 70.6 Å². The lowest BCUT2D eigenvalue weighted by Gasteiger charge is -2.61. The second kappa shape index (κ2) is 7.66.